The number of unbranched alkanes of at least 4 members (excludes halogenated alkanes) is 2. The molecule has 4 nitrogen and oxygen atoms in total. The standard InChI is InChI=1S/C16H26FN3O/c1-3-5-9-20(10-6-4-2)12-16(21)19-15-8-7-13(17)11-14(15)18/h7-8,11H,3-6,9-10,12,18H2,1-2H3,(H,19,21). The fraction of sp³-hybridized carbons (Fsp3) is 0.562. The van der Waals surface area contributed by atoms with Gasteiger partial charge in [-0.15, -0.1) is 0 Å². The molecule has 0 heterocycles. The van der Waals surface area contributed by atoms with Gasteiger partial charge >= 0.3 is 0 Å². The fourth-order valence-electron chi connectivity index (χ4n) is 2.07. The lowest BCUT2D eigenvalue weighted by molar-refractivity contribution is -0.117. The summed E-state index contributed by atoms with van der Waals surface area (Å²) in [5.74, 6) is -0.515. The third kappa shape index (κ3) is 6.58. The van der Waals surface area contributed by atoms with Gasteiger partial charge in [0.25, 0.3) is 0 Å². The van der Waals surface area contributed by atoms with Crippen LogP contribution in [-0.2, 0) is 4.79 Å². The van der Waals surface area contributed by atoms with Crippen LogP contribution in [0.5, 0.6) is 0 Å². The number of carbonyl (C=O) groups is 1. The Hall–Kier alpha value is -1.62. The van der Waals surface area contributed by atoms with Crippen molar-refractivity contribution >= 4 is 17.3 Å². The Balaban J connectivity index is 2.55. The number of halogens is 1. The first-order valence-electron chi connectivity index (χ1n) is 7.64. The molecule has 1 rings (SSSR count). The Bertz CT molecular complexity index is 443. The summed E-state index contributed by atoms with van der Waals surface area (Å²) in [6, 6.07) is 3.99. The lowest BCUT2D eigenvalue weighted by Crippen LogP contribution is -2.34. The number of nitrogen functional groups attached to an aromatic ring is 1. The van der Waals surface area contributed by atoms with E-state index in [1.807, 2.05) is 0 Å². The number of anilines is 2. The van der Waals surface area contributed by atoms with E-state index in [-0.39, 0.29) is 11.6 Å². The minimum Gasteiger partial charge on any atom is -0.397 e. The number of benzene rings is 1. The summed E-state index contributed by atoms with van der Waals surface area (Å²) in [7, 11) is 0. The lowest BCUT2D eigenvalue weighted by Gasteiger charge is -2.21. The monoisotopic (exact) mass is 295 g/mol. The third-order valence-electron chi connectivity index (χ3n) is 3.31. The SMILES string of the molecule is CCCCN(CCCC)CC(=O)Nc1ccc(F)cc1N. The highest BCUT2D eigenvalue weighted by molar-refractivity contribution is 5.95. The van der Waals surface area contributed by atoms with Gasteiger partial charge in [-0.2, -0.15) is 0 Å². The highest BCUT2D eigenvalue weighted by Gasteiger charge is 2.11. The van der Waals surface area contributed by atoms with Crippen molar-refractivity contribution in [1.29, 1.82) is 0 Å². The van der Waals surface area contributed by atoms with Gasteiger partial charge in [0.15, 0.2) is 0 Å². The third-order valence-corrected chi connectivity index (χ3v) is 3.31. The van der Waals surface area contributed by atoms with Crippen LogP contribution >= 0.6 is 0 Å². The molecule has 1 amide bonds. The molecule has 0 aromatic heterocycles. The predicted octanol–water partition coefficient (Wildman–Crippen LogP) is 3.25. The first-order chi connectivity index (χ1) is 10.1. The van der Waals surface area contributed by atoms with Crippen molar-refractivity contribution in [2.24, 2.45) is 0 Å². The molecule has 0 saturated carbocycles. The number of nitrogens with one attached hydrogen (secondary N) is 1. The summed E-state index contributed by atoms with van der Waals surface area (Å²) in [4.78, 5) is 14.2. The van der Waals surface area contributed by atoms with Crippen LogP contribution in [0, 0.1) is 5.82 Å². The molecule has 3 N–H and O–H groups in total. The molecule has 21 heavy (non-hydrogen) atoms. The van der Waals surface area contributed by atoms with Gasteiger partial charge in [-0.25, -0.2) is 4.39 Å². The average Bonchev–Trinajstić information content (AvgIpc) is 2.45. The molecule has 0 saturated heterocycles. The minimum absolute atomic E-state index is 0.111. The Morgan fingerprint density at radius 2 is 1.86 bits per heavy atom. The molecule has 0 bridgehead atoms. The van der Waals surface area contributed by atoms with E-state index in [9.17, 15) is 9.18 Å². The van der Waals surface area contributed by atoms with Crippen molar-refractivity contribution in [3.8, 4) is 0 Å². The number of amides is 1. The second kappa shape index (κ2) is 9.34. The number of nitrogens with two attached hydrogens (primary N) is 1. The van der Waals surface area contributed by atoms with E-state index in [1.165, 1.54) is 18.2 Å². The maximum Gasteiger partial charge on any atom is 0.238 e. The van der Waals surface area contributed by atoms with Crippen molar-refractivity contribution in [3.63, 3.8) is 0 Å². The topological polar surface area (TPSA) is 58.4 Å². The van der Waals surface area contributed by atoms with Gasteiger partial charge < -0.3 is 11.1 Å². The molecule has 0 unspecified atom stereocenters. The van der Waals surface area contributed by atoms with Gasteiger partial charge in [0.2, 0.25) is 5.91 Å². The van der Waals surface area contributed by atoms with E-state index in [0.29, 0.717) is 12.2 Å². The highest BCUT2D eigenvalue weighted by atomic mass is 19.1. The zero-order valence-electron chi connectivity index (χ0n) is 13.0. The van der Waals surface area contributed by atoms with Gasteiger partial charge in [-0.1, -0.05) is 26.7 Å². The van der Waals surface area contributed by atoms with E-state index in [1.54, 1.807) is 0 Å². The smallest absolute Gasteiger partial charge is 0.238 e. The van der Waals surface area contributed by atoms with Crippen molar-refractivity contribution in [1.82, 2.24) is 4.90 Å². The van der Waals surface area contributed by atoms with Crippen molar-refractivity contribution in [2.75, 3.05) is 30.7 Å². The van der Waals surface area contributed by atoms with Crippen molar-refractivity contribution < 1.29 is 9.18 Å². The van der Waals surface area contributed by atoms with Crippen molar-refractivity contribution in [3.05, 3.63) is 24.0 Å². The summed E-state index contributed by atoms with van der Waals surface area (Å²) in [6.45, 7) is 6.46. The quantitative estimate of drug-likeness (QED) is 0.688. The van der Waals surface area contributed by atoms with Crippen LogP contribution in [0.1, 0.15) is 39.5 Å². The van der Waals surface area contributed by atoms with Crippen LogP contribution in [0.25, 0.3) is 0 Å². The number of rotatable bonds is 9. The summed E-state index contributed by atoms with van der Waals surface area (Å²) >= 11 is 0. The average molecular weight is 295 g/mol. The Labute approximate surface area is 126 Å². The number of nitrogens with zero attached hydrogens (tertiary/aromatic N) is 1. The molecule has 1 aromatic carbocycles. The van der Waals surface area contributed by atoms with Gasteiger partial charge in [0.05, 0.1) is 17.9 Å². The van der Waals surface area contributed by atoms with Gasteiger partial charge in [0, 0.05) is 0 Å². The van der Waals surface area contributed by atoms with Crippen LogP contribution in [0.15, 0.2) is 18.2 Å². The molecule has 0 aliphatic heterocycles. The highest BCUT2D eigenvalue weighted by Crippen LogP contribution is 2.18. The van der Waals surface area contributed by atoms with Crippen molar-refractivity contribution in [2.45, 2.75) is 39.5 Å². The van der Waals surface area contributed by atoms with Gasteiger partial charge in [-0.3, -0.25) is 9.69 Å². The minimum atomic E-state index is -0.405. The van der Waals surface area contributed by atoms with Crippen LogP contribution in [0.3, 0.4) is 0 Å². The number of hydrogen-bond acceptors (Lipinski definition) is 3. The maximum absolute atomic E-state index is 13.0. The van der Waals surface area contributed by atoms with Crippen LogP contribution in [-0.4, -0.2) is 30.4 Å². The summed E-state index contributed by atoms with van der Waals surface area (Å²) in [5.41, 5.74) is 6.40. The maximum atomic E-state index is 13.0. The van der Waals surface area contributed by atoms with E-state index in [4.69, 9.17) is 5.73 Å². The number of carbonyl (C=O) groups excluding carboxylic acids is 1. The molecular weight excluding hydrogens is 269 g/mol. The summed E-state index contributed by atoms with van der Waals surface area (Å²) in [6.07, 6.45) is 4.37. The van der Waals surface area contributed by atoms with Crippen LogP contribution < -0.4 is 11.1 Å². The van der Waals surface area contributed by atoms with E-state index >= 15 is 0 Å². The fourth-order valence-corrected chi connectivity index (χ4v) is 2.07. The molecule has 118 valence electrons. The second-order valence-corrected chi connectivity index (χ2v) is 5.26. The molecule has 0 aliphatic carbocycles. The summed E-state index contributed by atoms with van der Waals surface area (Å²) < 4.78 is 13.0. The molecule has 0 radical (unpaired) electrons. The molecule has 0 aliphatic rings. The first-order valence-corrected chi connectivity index (χ1v) is 7.64. The molecular formula is C16H26FN3O. The first kappa shape index (κ1) is 17.4. The van der Waals surface area contributed by atoms with E-state index in [0.717, 1.165) is 38.8 Å². The lowest BCUT2D eigenvalue weighted by atomic mass is 10.2. The molecule has 0 spiro atoms. The number of hydrogen-bond donors (Lipinski definition) is 2. The van der Waals surface area contributed by atoms with Gasteiger partial charge in [0.1, 0.15) is 5.82 Å². The zero-order valence-corrected chi connectivity index (χ0v) is 13.0. The summed E-state index contributed by atoms with van der Waals surface area (Å²) in [5, 5.41) is 2.75. The largest absolute Gasteiger partial charge is 0.397 e. The normalized spacial score (nSPS) is 10.9. The van der Waals surface area contributed by atoms with E-state index < -0.39 is 5.82 Å². The second-order valence-electron chi connectivity index (χ2n) is 5.26. The van der Waals surface area contributed by atoms with E-state index in [2.05, 4.69) is 24.1 Å². The molecule has 5 heteroatoms. The van der Waals surface area contributed by atoms with Gasteiger partial charge in [-0.05, 0) is 44.1 Å². The predicted molar refractivity (Wildman–Crippen MR) is 85.7 cm³/mol. The van der Waals surface area contributed by atoms with Crippen LogP contribution in [0.2, 0.25) is 0 Å². The molecule has 1 aromatic rings. The van der Waals surface area contributed by atoms with Crippen LogP contribution in [0.4, 0.5) is 15.8 Å². The zero-order chi connectivity index (χ0) is 15.7. The Kier molecular flexibility index (Phi) is 7.75. The molecule has 0 atom stereocenters. The molecule has 0 fully saturated rings. The Morgan fingerprint density at radius 1 is 1.24 bits per heavy atom. The Morgan fingerprint density at radius 3 is 2.38 bits per heavy atom.